The summed E-state index contributed by atoms with van der Waals surface area (Å²) in [5.41, 5.74) is -0.732. The second kappa shape index (κ2) is 4.65. The SMILES string of the molecule is N#CC1(C(=O)N2CCC[C@@H](n3cncn3)C2)CCC1. The summed E-state index contributed by atoms with van der Waals surface area (Å²) in [4.78, 5) is 18.3. The number of piperidine rings is 1. The Bertz CT molecular complexity index is 500. The molecule has 0 bridgehead atoms. The van der Waals surface area contributed by atoms with Crippen LogP contribution in [0.1, 0.15) is 38.1 Å². The van der Waals surface area contributed by atoms with Crippen LogP contribution < -0.4 is 0 Å². The van der Waals surface area contributed by atoms with Crippen molar-refractivity contribution in [2.75, 3.05) is 13.1 Å². The first kappa shape index (κ1) is 12.2. The third kappa shape index (κ3) is 1.99. The molecule has 2 fully saturated rings. The predicted octanol–water partition coefficient (Wildman–Crippen LogP) is 1.14. The minimum atomic E-state index is -0.732. The van der Waals surface area contributed by atoms with Gasteiger partial charge in [0, 0.05) is 13.1 Å². The van der Waals surface area contributed by atoms with Gasteiger partial charge >= 0.3 is 0 Å². The van der Waals surface area contributed by atoms with Gasteiger partial charge in [-0.15, -0.1) is 0 Å². The van der Waals surface area contributed by atoms with E-state index in [1.165, 1.54) is 6.33 Å². The minimum absolute atomic E-state index is 0.0195. The van der Waals surface area contributed by atoms with E-state index in [4.69, 9.17) is 0 Å². The van der Waals surface area contributed by atoms with Gasteiger partial charge in [-0.05, 0) is 32.1 Å². The second-order valence-corrected chi connectivity index (χ2v) is 5.47. The number of nitrogens with zero attached hydrogens (tertiary/aromatic N) is 5. The summed E-state index contributed by atoms with van der Waals surface area (Å²) in [5.74, 6) is 0.0195. The van der Waals surface area contributed by atoms with Crippen LogP contribution in [-0.4, -0.2) is 38.7 Å². The molecule has 1 aliphatic carbocycles. The van der Waals surface area contributed by atoms with E-state index < -0.39 is 5.41 Å². The Morgan fingerprint density at radius 1 is 1.42 bits per heavy atom. The number of hydrogen-bond acceptors (Lipinski definition) is 4. The van der Waals surface area contributed by atoms with E-state index in [2.05, 4.69) is 16.2 Å². The molecule has 0 N–H and O–H groups in total. The van der Waals surface area contributed by atoms with Gasteiger partial charge in [-0.1, -0.05) is 0 Å². The van der Waals surface area contributed by atoms with Crippen molar-refractivity contribution in [1.29, 1.82) is 5.26 Å². The Hall–Kier alpha value is -1.90. The fraction of sp³-hybridized carbons (Fsp3) is 0.692. The van der Waals surface area contributed by atoms with Crippen molar-refractivity contribution < 1.29 is 4.79 Å². The van der Waals surface area contributed by atoms with E-state index in [-0.39, 0.29) is 11.9 Å². The molecule has 0 radical (unpaired) electrons. The number of carbonyl (C=O) groups excluding carboxylic acids is 1. The quantitative estimate of drug-likeness (QED) is 0.798. The largest absolute Gasteiger partial charge is 0.339 e. The zero-order valence-electron chi connectivity index (χ0n) is 10.8. The summed E-state index contributed by atoms with van der Waals surface area (Å²) in [6.07, 6.45) is 7.59. The summed E-state index contributed by atoms with van der Waals surface area (Å²) in [6, 6.07) is 2.43. The number of nitriles is 1. The van der Waals surface area contributed by atoms with Crippen LogP contribution in [-0.2, 0) is 4.79 Å². The molecular weight excluding hydrogens is 242 g/mol. The summed E-state index contributed by atoms with van der Waals surface area (Å²) in [6.45, 7) is 1.40. The van der Waals surface area contributed by atoms with Crippen molar-refractivity contribution in [2.24, 2.45) is 5.41 Å². The van der Waals surface area contributed by atoms with Gasteiger partial charge in [0.05, 0.1) is 12.1 Å². The van der Waals surface area contributed by atoms with E-state index >= 15 is 0 Å². The molecule has 1 aromatic heterocycles. The van der Waals surface area contributed by atoms with Gasteiger partial charge in [-0.25, -0.2) is 9.67 Å². The standard InChI is InChI=1S/C13H17N5O/c14-8-13(4-2-5-13)12(19)17-6-1-3-11(7-17)18-10-15-9-16-18/h9-11H,1-7H2/t11-/m1/s1. The van der Waals surface area contributed by atoms with E-state index in [9.17, 15) is 10.1 Å². The smallest absolute Gasteiger partial charge is 0.243 e. The van der Waals surface area contributed by atoms with Crippen LogP contribution >= 0.6 is 0 Å². The van der Waals surface area contributed by atoms with Crippen molar-refractivity contribution in [3.8, 4) is 6.07 Å². The maximum Gasteiger partial charge on any atom is 0.243 e. The Morgan fingerprint density at radius 3 is 2.84 bits per heavy atom. The number of amides is 1. The van der Waals surface area contributed by atoms with E-state index in [1.807, 2.05) is 9.58 Å². The molecule has 0 spiro atoms. The van der Waals surface area contributed by atoms with Crippen LogP contribution in [0.2, 0.25) is 0 Å². The molecule has 1 saturated heterocycles. The molecule has 2 aliphatic rings. The van der Waals surface area contributed by atoms with Gasteiger partial charge in [0.25, 0.3) is 0 Å². The van der Waals surface area contributed by atoms with Gasteiger partial charge in [-0.2, -0.15) is 10.4 Å². The molecule has 2 heterocycles. The Balaban J connectivity index is 1.72. The number of likely N-dealkylation sites (tertiary alicyclic amines) is 1. The molecule has 1 atom stereocenters. The molecule has 1 aromatic rings. The lowest BCUT2D eigenvalue weighted by Gasteiger charge is -2.41. The zero-order valence-corrected chi connectivity index (χ0v) is 10.8. The Labute approximate surface area is 112 Å². The van der Waals surface area contributed by atoms with Crippen LogP contribution in [0.5, 0.6) is 0 Å². The lowest BCUT2D eigenvalue weighted by atomic mass is 9.69. The van der Waals surface area contributed by atoms with E-state index in [0.29, 0.717) is 19.4 Å². The van der Waals surface area contributed by atoms with Crippen LogP contribution in [0.4, 0.5) is 0 Å². The summed E-state index contributed by atoms with van der Waals surface area (Å²) in [5, 5.41) is 13.4. The maximum atomic E-state index is 12.5. The average Bonchev–Trinajstić information content (AvgIpc) is 2.92. The van der Waals surface area contributed by atoms with Gasteiger partial charge in [-0.3, -0.25) is 4.79 Å². The highest BCUT2D eigenvalue weighted by Crippen LogP contribution is 2.42. The molecule has 6 heteroatoms. The molecule has 1 aliphatic heterocycles. The topological polar surface area (TPSA) is 74.8 Å². The van der Waals surface area contributed by atoms with Crippen LogP contribution in [0.15, 0.2) is 12.7 Å². The average molecular weight is 259 g/mol. The van der Waals surface area contributed by atoms with Gasteiger partial charge < -0.3 is 4.90 Å². The summed E-state index contributed by atoms with van der Waals surface area (Å²) in [7, 11) is 0. The highest BCUT2D eigenvalue weighted by Gasteiger charge is 2.47. The fourth-order valence-electron chi connectivity index (χ4n) is 2.97. The lowest BCUT2D eigenvalue weighted by Crippen LogP contribution is -2.50. The first-order valence-corrected chi connectivity index (χ1v) is 6.80. The minimum Gasteiger partial charge on any atom is -0.339 e. The number of aromatic nitrogens is 3. The lowest BCUT2D eigenvalue weighted by molar-refractivity contribution is -0.144. The summed E-state index contributed by atoms with van der Waals surface area (Å²) < 4.78 is 1.82. The van der Waals surface area contributed by atoms with E-state index in [1.54, 1.807) is 6.33 Å². The monoisotopic (exact) mass is 259 g/mol. The van der Waals surface area contributed by atoms with Crippen LogP contribution in [0.3, 0.4) is 0 Å². The van der Waals surface area contributed by atoms with Gasteiger partial charge in [0.2, 0.25) is 5.91 Å². The molecular formula is C13H17N5O. The highest BCUT2D eigenvalue weighted by molar-refractivity contribution is 5.86. The van der Waals surface area contributed by atoms with Crippen molar-refractivity contribution in [3.05, 3.63) is 12.7 Å². The summed E-state index contributed by atoms with van der Waals surface area (Å²) >= 11 is 0. The van der Waals surface area contributed by atoms with Crippen LogP contribution in [0.25, 0.3) is 0 Å². The molecule has 1 amide bonds. The number of carbonyl (C=O) groups is 1. The molecule has 100 valence electrons. The second-order valence-electron chi connectivity index (χ2n) is 5.47. The van der Waals surface area contributed by atoms with E-state index in [0.717, 1.165) is 25.8 Å². The third-order valence-corrected chi connectivity index (χ3v) is 4.32. The predicted molar refractivity (Wildman–Crippen MR) is 66.8 cm³/mol. The maximum absolute atomic E-state index is 12.5. The van der Waals surface area contributed by atoms with Crippen molar-refractivity contribution in [1.82, 2.24) is 19.7 Å². The van der Waals surface area contributed by atoms with Gasteiger partial charge in [0.15, 0.2) is 0 Å². The zero-order chi connectivity index (χ0) is 13.3. The molecule has 3 rings (SSSR count). The highest BCUT2D eigenvalue weighted by atomic mass is 16.2. The van der Waals surface area contributed by atoms with Crippen molar-refractivity contribution in [2.45, 2.75) is 38.1 Å². The van der Waals surface area contributed by atoms with Gasteiger partial charge in [0.1, 0.15) is 18.1 Å². The number of rotatable bonds is 2. The Morgan fingerprint density at radius 2 is 2.26 bits per heavy atom. The van der Waals surface area contributed by atoms with Crippen molar-refractivity contribution >= 4 is 5.91 Å². The molecule has 19 heavy (non-hydrogen) atoms. The Kier molecular flexibility index (Phi) is 2.97. The molecule has 1 saturated carbocycles. The third-order valence-electron chi connectivity index (χ3n) is 4.32. The van der Waals surface area contributed by atoms with Crippen LogP contribution in [0, 0.1) is 16.7 Å². The molecule has 0 unspecified atom stereocenters. The normalized spacial score (nSPS) is 25.4. The molecule has 0 aromatic carbocycles. The fourth-order valence-corrected chi connectivity index (χ4v) is 2.97. The number of hydrogen-bond donors (Lipinski definition) is 0. The molecule has 6 nitrogen and oxygen atoms in total. The van der Waals surface area contributed by atoms with Crippen molar-refractivity contribution in [3.63, 3.8) is 0 Å². The first-order valence-electron chi connectivity index (χ1n) is 6.80. The first-order chi connectivity index (χ1) is 9.25.